The van der Waals surface area contributed by atoms with Crippen LogP contribution in [0.5, 0.6) is 11.5 Å². The van der Waals surface area contributed by atoms with E-state index in [2.05, 4.69) is 0 Å². The Morgan fingerprint density at radius 2 is 1.48 bits per heavy atom. The fourth-order valence-electron chi connectivity index (χ4n) is 2.01. The molecule has 6 heteroatoms. The van der Waals surface area contributed by atoms with E-state index in [1.54, 1.807) is 38.3 Å². The van der Waals surface area contributed by atoms with Crippen LogP contribution >= 0.6 is 0 Å². The summed E-state index contributed by atoms with van der Waals surface area (Å²) in [6, 6.07) is 12.7. The summed E-state index contributed by atoms with van der Waals surface area (Å²) < 4.78 is 33.4. The average molecular weight is 334 g/mol. The van der Waals surface area contributed by atoms with Gasteiger partial charge in [-0.1, -0.05) is 0 Å². The van der Waals surface area contributed by atoms with E-state index in [0.717, 1.165) is 6.26 Å². The van der Waals surface area contributed by atoms with E-state index in [4.69, 9.17) is 9.47 Å². The maximum absolute atomic E-state index is 12.3. The summed E-state index contributed by atoms with van der Waals surface area (Å²) in [5.74, 6) is 0.943. The lowest BCUT2D eigenvalue weighted by atomic mass is 10.1. The molecule has 0 bridgehead atoms. The normalized spacial score (nSPS) is 12.5. The molecule has 0 aromatic heterocycles. The SMILES string of the molecule is COc1ccc(C(=O)[C@H](C)Oc2ccc(S(C)(=O)=O)cc2)cc1. The second-order valence-corrected chi connectivity index (χ2v) is 7.11. The van der Waals surface area contributed by atoms with Crippen molar-refractivity contribution in [2.75, 3.05) is 13.4 Å². The van der Waals surface area contributed by atoms with Crippen LogP contribution in [0.2, 0.25) is 0 Å². The van der Waals surface area contributed by atoms with Crippen molar-refractivity contribution in [2.45, 2.75) is 17.9 Å². The Morgan fingerprint density at radius 3 is 1.96 bits per heavy atom. The second-order valence-electron chi connectivity index (χ2n) is 5.10. The van der Waals surface area contributed by atoms with E-state index in [-0.39, 0.29) is 10.7 Å². The standard InChI is InChI=1S/C17H18O5S/c1-12(17(18)13-4-6-14(21-2)7-5-13)22-15-8-10-16(11-9-15)23(3,19)20/h4-12H,1-3H3/t12-/m0/s1. The first kappa shape index (κ1) is 17.0. The van der Waals surface area contributed by atoms with Crippen LogP contribution < -0.4 is 9.47 Å². The van der Waals surface area contributed by atoms with Gasteiger partial charge in [0.25, 0.3) is 0 Å². The molecule has 0 heterocycles. The fourth-order valence-corrected chi connectivity index (χ4v) is 2.64. The number of sulfone groups is 1. The van der Waals surface area contributed by atoms with Gasteiger partial charge in [-0.2, -0.15) is 0 Å². The highest BCUT2D eigenvalue weighted by molar-refractivity contribution is 7.90. The summed E-state index contributed by atoms with van der Waals surface area (Å²) in [4.78, 5) is 12.5. The molecule has 1 atom stereocenters. The minimum absolute atomic E-state index is 0.167. The van der Waals surface area contributed by atoms with Gasteiger partial charge in [0.05, 0.1) is 12.0 Å². The van der Waals surface area contributed by atoms with Crippen molar-refractivity contribution in [1.29, 1.82) is 0 Å². The minimum Gasteiger partial charge on any atom is -0.497 e. The molecule has 122 valence electrons. The lowest BCUT2D eigenvalue weighted by Gasteiger charge is -2.14. The molecule has 23 heavy (non-hydrogen) atoms. The van der Waals surface area contributed by atoms with Gasteiger partial charge in [0.1, 0.15) is 11.5 Å². The van der Waals surface area contributed by atoms with E-state index in [1.807, 2.05) is 0 Å². The zero-order valence-electron chi connectivity index (χ0n) is 13.1. The molecule has 0 amide bonds. The summed E-state index contributed by atoms with van der Waals surface area (Å²) in [7, 11) is -1.69. The van der Waals surface area contributed by atoms with Gasteiger partial charge in [0.15, 0.2) is 15.9 Å². The molecule has 2 aromatic rings. The Kier molecular flexibility index (Phi) is 5.05. The van der Waals surface area contributed by atoms with Crippen molar-refractivity contribution in [2.24, 2.45) is 0 Å². The van der Waals surface area contributed by atoms with Gasteiger partial charge in [0, 0.05) is 11.8 Å². The molecule has 2 aromatic carbocycles. The zero-order valence-corrected chi connectivity index (χ0v) is 14.0. The molecule has 0 saturated carbocycles. The second kappa shape index (κ2) is 6.83. The van der Waals surface area contributed by atoms with Crippen molar-refractivity contribution >= 4 is 15.6 Å². The van der Waals surface area contributed by atoms with Crippen molar-refractivity contribution < 1.29 is 22.7 Å². The highest BCUT2D eigenvalue weighted by Gasteiger charge is 2.17. The average Bonchev–Trinajstić information content (AvgIpc) is 2.54. The Hall–Kier alpha value is -2.34. The molecule has 0 aliphatic carbocycles. The number of rotatable bonds is 6. The summed E-state index contributed by atoms with van der Waals surface area (Å²) in [6.45, 7) is 1.65. The Bertz CT molecular complexity index is 777. The molecule has 0 saturated heterocycles. The zero-order chi connectivity index (χ0) is 17.0. The van der Waals surface area contributed by atoms with Crippen LogP contribution in [0.25, 0.3) is 0 Å². The van der Waals surface area contributed by atoms with Crippen LogP contribution in [-0.4, -0.2) is 33.7 Å². The number of benzene rings is 2. The first-order valence-electron chi connectivity index (χ1n) is 6.96. The minimum atomic E-state index is -3.25. The molecule has 5 nitrogen and oxygen atoms in total. The molecule has 0 aliphatic rings. The van der Waals surface area contributed by atoms with Gasteiger partial charge in [-0.15, -0.1) is 0 Å². The summed E-state index contributed by atoms with van der Waals surface area (Å²) >= 11 is 0. The third-order valence-corrected chi connectivity index (χ3v) is 4.44. The number of methoxy groups -OCH3 is 1. The summed E-state index contributed by atoms with van der Waals surface area (Å²) in [5, 5.41) is 0. The number of carbonyl (C=O) groups is 1. The van der Waals surface area contributed by atoms with E-state index in [1.165, 1.54) is 24.3 Å². The molecule has 0 fully saturated rings. The maximum Gasteiger partial charge on any atom is 0.202 e. The first-order valence-corrected chi connectivity index (χ1v) is 8.85. The number of carbonyl (C=O) groups excluding carboxylic acids is 1. The number of ether oxygens (including phenoxy) is 2. The van der Waals surface area contributed by atoms with Gasteiger partial charge in [-0.25, -0.2) is 8.42 Å². The third-order valence-electron chi connectivity index (χ3n) is 3.31. The Morgan fingerprint density at radius 1 is 0.957 bits per heavy atom. The van der Waals surface area contributed by atoms with Gasteiger partial charge in [0.2, 0.25) is 5.78 Å². The van der Waals surface area contributed by atoms with Crippen LogP contribution in [-0.2, 0) is 9.84 Å². The number of ketones is 1. The van der Waals surface area contributed by atoms with E-state index < -0.39 is 15.9 Å². The molecular weight excluding hydrogens is 316 g/mol. The van der Waals surface area contributed by atoms with Crippen molar-refractivity contribution in [3.63, 3.8) is 0 Å². The smallest absolute Gasteiger partial charge is 0.202 e. The van der Waals surface area contributed by atoms with Gasteiger partial charge < -0.3 is 9.47 Å². The van der Waals surface area contributed by atoms with Crippen LogP contribution in [0.3, 0.4) is 0 Å². The van der Waals surface area contributed by atoms with E-state index in [9.17, 15) is 13.2 Å². The largest absolute Gasteiger partial charge is 0.497 e. The third kappa shape index (κ3) is 4.32. The predicted molar refractivity (Wildman–Crippen MR) is 87.0 cm³/mol. The Labute approximate surface area is 135 Å². The number of hydrogen-bond acceptors (Lipinski definition) is 5. The lowest BCUT2D eigenvalue weighted by molar-refractivity contribution is 0.0818. The van der Waals surface area contributed by atoms with Gasteiger partial charge in [-0.05, 0) is 55.5 Å². The molecule has 0 unspecified atom stereocenters. The van der Waals surface area contributed by atoms with Gasteiger partial charge in [-0.3, -0.25) is 4.79 Å². The lowest BCUT2D eigenvalue weighted by Crippen LogP contribution is -2.23. The van der Waals surface area contributed by atoms with Crippen molar-refractivity contribution in [3.8, 4) is 11.5 Å². The van der Waals surface area contributed by atoms with Crippen molar-refractivity contribution in [3.05, 3.63) is 54.1 Å². The van der Waals surface area contributed by atoms with E-state index in [0.29, 0.717) is 17.1 Å². The first-order chi connectivity index (χ1) is 10.8. The summed E-state index contributed by atoms with van der Waals surface area (Å²) in [5.41, 5.74) is 0.519. The van der Waals surface area contributed by atoms with Crippen LogP contribution in [0.4, 0.5) is 0 Å². The van der Waals surface area contributed by atoms with Crippen LogP contribution in [0, 0.1) is 0 Å². The van der Waals surface area contributed by atoms with E-state index >= 15 is 0 Å². The molecule has 0 radical (unpaired) electrons. The fraction of sp³-hybridized carbons (Fsp3) is 0.235. The molecule has 0 N–H and O–H groups in total. The van der Waals surface area contributed by atoms with Crippen LogP contribution in [0.1, 0.15) is 17.3 Å². The molecular formula is C17H18O5S. The topological polar surface area (TPSA) is 69.7 Å². The molecule has 2 rings (SSSR count). The number of hydrogen-bond donors (Lipinski definition) is 0. The molecule has 0 spiro atoms. The van der Waals surface area contributed by atoms with Gasteiger partial charge >= 0.3 is 0 Å². The highest BCUT2D eigenvalue weighted by Crippen LogP contribution is 2.19. The Balaban J connectivity index is 2.08. The highest BCUT2D eigenvalue weighted by atomic mass is 32.2. The maximum atomic E-state index is 12.3. The monoisotopic (exact) mass is 334 g/mol. The quantitative estimate of drug-likeness (QED) is 0.760. The number of Topliss-reactive ketones (excluding diaryl/α,β-unsaturated/α-hetero) is 1. The predicted octanol–water partition coefficient (Wildman–Crippen LogP) is 2.75. The van der Waals surface area contributed by atoms with Crippen LogP contribution in [0.15, 0.2) is 53.4 Å². The van der Waals surface area contributed by atoms with Crippen molar-refractivity contribution in [1.82, 2.24) is 0 Å². The summed E-state index contributed by atoms with van der Waals surface area (Å²) in [6.07, 6.45) is 0.450. The molecule has 0 aliphatic heterocycles.